The molecule has 2 aromatic rings. The molecule has 0 spiro atoms. The van der Waals surface area contributed by atoms with Crippen LogP contribution in [-0.2, 0) is 6.54 Å². The first-order chi connectivity index (χ1) is 11.4. The van der Waals surface area contributed by atoms with Crippen LogP contribution < -0.4 is 4.90 Å². The fourth-order valence-corrected chi connectivity index (χ4v) is 3.37. The van der Waals surface area contributed by atoms with Gasteiger partial charge in [0, 0.05) is 83.2 Å². The van der Waals surface area contributed by atoms with E-state index < -0.39 is 0 Å². The Bertz CT molecular complexity index is 586. The molecule has 0 radical (unpaired) electrons. The molecule has 0 bridgehead atoms. The van der Waals surface area contributed by atoms with E-state index in [0.29, 0.717) is 0 Å². The second-order valence-electron chi connectivity index (χ2n) is 6.29. The van der Waals surface area contributed by atoms with Crippen LogP contribution in [0, 0.1) is 0 Å². The minimum Gasteiger partial charge on any atom is -0.338 e. The van der Waals surface area contributed by atoms with E-state index in [-0.39, 0.29) is 0 Å². The fraction of sp³-hybridized carbons (Fsp3) is 0.562. The first kappa shape index (κ1) is 14.6. The van der Waals surface area contributed by atoms with Crippen LogP contribution in [-0.4, -0.2) is 81.2 Å². The van der Waals surface area contributed by atoms with E-state index in [1.165, 1.54) is 13.1 Å². The van der Waals surface area contributed by atoms with Crippen molar-refractivity contribution in [2.45, 2.75) is 12.6 Å². The van der Waals surface area contributed by atoms with Crippen LogP contribution in [0.15, 0.2) is 37.2 Å². The van der Waals surface area contributed by atoms with Gasteiger partial charge >= 0.3 is 0 Å². The van der Waals surface area contributed by atoms with Gasteiger partial charge in [-0.25, -0.2) is 15.0 Å². The summed E-state index contributed by atoms with van der Waals surface area (Å²) >= 11 is 0. The Morgan fingerprint density at radius 2 is 1.74 bits per heavy atom. The number of piperazine rings is 1. The number of imidazole rings is 1. The molecular weight excluding hydrogens is 290 g/mol. The van der Waals surface area contributed by atoms with Crippen LogP contribution in [0.3, 0.4) is 0 Å². The zero-order valence-electron chi connectivity index (χ0n) is 13.3. The number of rotatable bonds is 5. The molecule has 7 nitrogen and oxygen atoms in total. The van der Waals surface area contributed by atoms with Crippen molar-refractivity contribution < 1.29 is 0 Å². The van der Waals surface area contributed by atoms with Gasteiger partial charge in [-0.3, -0.25) is 9.80 Å². The summed E-state index contributed by atoms with van der Waals surface area (Å²) in [4.78, 5) is 20.2. The van der Waals surface area contributed by atoms with E-state index in [0.717, 1.165) is 51.3 Å². The molecule has 0 N–H and O–H groups in total. The minimum absolute atomic E-state index is 0.719. The molecule has 2 fully saturated rings. The van der Waals surface area contributed by atoms with Gasteiger partial charge in [0.25, 0.3) is 0 Å². The summed E-state index contributed by atoms with van der Waals surface area (Å²) in [6.07, 6.45) is 9.40. The van der Waals surface area contributed by atoms with E-state index in [1.54, 1.807) is 0 Å². The van der Waals surface area contributed by atoms with Crippen LogP contribution in [0.5, 0.6) is 0 Å². The quantitative estimate of drug-likeness (QED) is 0.785. The van der Waals surface area contributed by atoms with Crippen LogP contribution in [0.2, 0.25) is 0 Å². The number of hydrogen-bond acceptors (Lipinski definition) is 6. The van der Waals surface area contributed by atoms with Crippen molar-refractivity contribution in [1.82, 2.24) is 29.3 Å². The van der Waals surface area contributed by atoms with E-state index >= 15 is 0 Å². The average Bonchev–Trinajstić information content (AvgIpc) is 3.08. The summed E-state index contributed by atoms with van der Waals surface area (Å²) in [7, 11) is 0. The number of likely N-dealkylation sites (tertiary alicyclic amines) is 1. The van der Waals surface area contributed by atoms with E-state index in [1.807, 2.05) is 37.2 Å². The third-order valence-electron chi connectivity index (χ3n) is 4.84. The van der Waals surface area contributed by atoms with Crippen molar-refractivity contribution in [3.63, 3.8) is 0 Å². The SMILES string of the molecule is c1cnc(N2CCN(C3CN(CCn4ccnc4)C3)CC2)nc1. The molecule has 2 aliphatic heterocycles. The van der Waals surface area contributed by atoms with E-state index in [2.05, 4.69) is 34.2 Å². The Morgan fingerprint density at radius 3 is 2.43 bits per heavy atom. The maximum absolute atomic E-state index is 4.35. The number of aromatic nitrogens is 4. The summed E-state index contributed by atoms with van der Waals surface area (Å²) in [5.74, 6) is 0.864. The van der Waals surface area contributed by atoms with Gasteiger partial charge in [0.05, 0.1) is 6.33 Å². The van der Waals surface area contributed by atoms with E-state index in [9.17, 15) is 0 Å². The summed E-state index contributed by atoms with van der Waals surface area (Å²) in [6, 6.07) is 2.59. The molecule has 0 atom stereocenters. The van der Waals surface area contributed by atoms with Crippen LogP contribution in [0.4, 0.5) is 5.95 Å². The zero-order chi connectivity index (χ0) is 15.5. The lowest BCUT2D eigenvalue weighted by Crippen LogP contribution is -2.63. The van der Waals surface area contributed by atoms with Crippen LogP contribution in [0.1, 0.15) is 0 Å². The van der Waals surface area contributed by atoms with Gasteiger partial charge in [-0.2, -0.15) is 0 Å². The van der Waals surface area contributed by atoms with Gasteiger partial charge in [-0.1, -0.05) is 0 Å². The molecule has 2 saturated heterocycles. The molecule has 0 unspecified atom stereocenters. The summed E-state index contributed by atoms with van der Waals surface area (Å²) < 4.78 is 2.14. The Morgan fingerprint density at radius 1 is 0.957 bits per heavy atom. The Hall–Kier alpha value is -1.99. The Labute approximate surface area is 136 Å². The third-order valence-corrected chi connectivity index (χ3v) is 4.84. The maximum atomic E-state index is 4.35. The number of anilines is 1. The van der Waals surface area contributed by atoms with Gasteiger partial charge in [0.1, 0.15) is 0 Å². The fourth-order valence-electron chi connectivity index (χ4n) is 3.37. The molecule has 4 rings (SSSR count). The smallest absolute Gasteiger partial charge is 0.225 e. The molecule has 0 amide bonds. The second kappa shape index (κ2) is 6.64. The molecule has 0 saturated carbocycles. The van der Waals surface area contributed by atoms with Crippen molar-refractivity contribution >= 4 is 5.95 Å². The minimum atomic E-state index is 0.719. The number of hydrogen-bond donors (Lipinski definition) is 0. The highest BCUT2D eigenvalue weighted by Crippen LogP contribution is 2.18. The molecule has 23 heavy (non-hydrogen) atoms. The highest BCUT2D eigenvalue weighted by Gasteiger charge is 2.33. The molecular formula is C16H23N7. The molecule has 0 aliphatic carbocycles. The molecule has 7 heteroatoms. The largest absolute Gasteiger partial charge is 0.338 e. The highest BCUT2D eigenvalue weighted by molar-refractivity contribution is 5.29. The van der Waals surface area contributed by atoms with Gasteiger partial charge in [-0.15, -0.1) is 0 Å². The average molecular weight is 313 g/mol. The van der Waals surface area contributed by atoms with Crippen LogP contribution in [0.25, 0.3) is 0 Å². The lowest BCUT2D eigenvalue weighted by atomic mass is 10.1. The van der Waals surface area contributed by atoms with E-state index in [4.69, 9.17) is 0 Å². The third kappa shape index (κ3) is 3.35. The van der Waals surface area contributed by atoms with Crippen LogP contribution >= 0.6 is 0 Å². The predicted molar refractivity (Wildman–Crippen MR) is 88.3 cm³/mol. The Balaban J connectivity index is 1.19. The van der Waals surface area contributed by atoms with Crippen molar-refractivity contribution in [2.75, 3.05) is 50.7 Å². The molecule has 0 aromatic carbocycles. The van der Waals surface area contributed by atoms with Crippen molar-refractivity contribution in [3.05, 3.63) is 37.2 Å². The molecule has 4 heterocycles. The van der Waals surface area contributed by atoms with Crippen molar-refractivity contribution in [3.8, 4) is 0 Å². The summed E-state index contributed by atoms with van der Waals surface area (Å²) in [5.41, 5.74) is 0. The van der Waals surface area contributed by atoms with Gasteiger partial charge in [-0.05, 0) is 6.07 Å². The molecule has 122 valence electrons. The summed E-state index contributed by atoms with van der Waals surface area (Å²) in [5, 5.41) is 0. The molecule has 2 aliphatic rings. The Kier molecular flexibility index (Phi) is 4.21. The first-order valence-electron chi connectivity index (χ1n) is 8.32. The molecule has 2 aromatic heterocycles. The van der Waals surface area contributed by atoms with Crippen molar-refractivity contribution in [2.24, 2.45) is 0 Å². The normalized spacial score (nSPS) is 20.6. The lowest BCUT2D eigenvalue weighted by molar-refractivity contribution is 0.0287. The maximum Gasteiger partial charge on any atom is 0.225 e. The van der Waals surface area contributed by atoms with Gasteiger partial charge in [0.15, 0.2) is 0 Å². The van der Waals surface area contributed by atoms with Crippen molar-refractivity contribution in [1.29, 1.82) is 0 Å². The second-order valence-corrected chi connectivity index (χ2v) is 6.29. The van der Waals surface area contributed by atoms with Gasteiger partial charge < -0.3 is 9.47 Å². The highest BCUT2D eigenvalue weighted by atomic mass is 15.4. The lowest BCUT2D eigenvalue weighted by Gasteiger charge is -2.48. The topological polar surface area (TPSA) is 53.3 Å². The summed E-state index contributed by atoms with van der Waals surface area (Å²) in [6.45, 7) is 8.80. The number of nitrogens with zero attached hydrogens (tertiary/aromatic N) is 7. The predicted octanol–water partition coefficient (Wildman–Crippen LogP) is 0.180. The first-order valence-corrected chi connectivity index (χ1v) is 8.32. The monoisotopic (exact) mass is 313 g/mol. The zero-order valence-corrected chi connectivity index (χ0v) is 13.3. The standard InChI is InChI=1S/C16H23N7/c1-2-18-16(19-3-1)23-10-8-22(9-11-23)15-12-21(13-15)7-6-20-5-4-17-14-20/h1-5,14-15H,6-13H2. The van der Waals surface area contributed by atoms with Gasteiger partial charge in [0.2, 0.25) is 5.95 Å².